The molecule has 134 valence electrons. The monoisotopic (exact) mass is 359 g/mol. The molecule has 0 aliphatic heterocycles. The standard InChI is InChI=1S/C19H25N3O2S/c1-14(2)10-11-20-19(24)22-17(23)13-21-18(16-9-6-12-25-16)15-7-4-3-5-8-15/h3-9,12,14,18,21H,10-11,13H2,1-2H3,(H2,20,22,23,24)/t18-/m1/s1. The van der Waals surface area contributed by atoms with Crippen LogP contribution in [0.1, 0.15) is 36.8 Å². The highest BCUT2D eigenvalue weighted by atomic mass is 32.1. The highest BCUT2D eigenvalue weighted by Gasteiger charge is 2.16. The lowest BCUT2D eigenvalue weighted by Crippen LogP contribution is -2.44. The van der Waals surface area contributed by atoms with Crippen LogP contribution in [0.25, 0.3) is 0 Å². The third kappa shape index (κ3) is 6.68. The van der Waals surface area contributed by atoms with Gasteiger partial charge in [0.2, 0.25) is 5.91 Å². The summed E-state index contributed by atoms with van der Waals surface area (Å²) in [4.78, 5) is 24.9. The van der Waals surface area contributed by atoms with Gasteiger partial charge in [0.15, 0.2) is 0 Å². The van der Waals surface area contributed by atoms with Gasteiger partial charge in [-0.05, 0) is 29.3 Å². The van der Waals surface area contributed by atoms with Crippen molar-refractivity contribution in [2.45, 2.75) is 26.3 Å². The molecule has 0 saturated carbocycles. The Labute approximate surface area is 152 Å². The van der Waals surface area contributed by atoms with Gasteiger partial charge in [-0.15, -0.1) is 11.3 Å². The number of hydrogen-bond donors (Lipinski definition) is 3. The quantitative estimate of drug-likeness (QED) is 0.677. The number of amides is 3. The minimum Gasteiger partial charge on any atom is -0.338 e. The maximum Gasteiger partial charge on any atom is 0.321 e. The van der Waals surface area contributed by atoms with Crippen molar-refractivity contribution in [1.29, 1.82) is 0 Å². The van der Waals surface area contributed by atoms with E-state index in [-0.39, 0.29) is 18.5 Å². The average Bonchev–Trinajstić information content (AvgIpc) is 3.10. The highest BCUT2D eigenvalue weighted by molar-refractivity contribution is 7.10. The van der Waals surface area contributed by atoms with Crippen LogP contribution in [0.5, 0.6) is 0 Å². The second-order valence-corrected chi connectivity index (χ2v) is 7.21. The van der Waals surface area contributed by atoms with Gasteiger partial charge in [-0.1, -0.05) is 50.2 Å². The largest absolute Gasteiger partial charge is 0.338 e. The molecule has 0 saturated heterocycles. The van der Waals surface area contributed by atoms with E-state index in [1.165, 1.54) is 0 Å². The second kappa shape index (κ2) is 9.96. The minimum atomic E-state index is -0.445. The van der Waals surface area contributed by atoms with E-state index >= 15 is 0 Å². The van der Waals surface area contributed by atoms with E-state index in [1.807, 2.05) is 47.8 Å². The Morgan fingerprint density at radius 1 is 1.08 bits per heavy atom. The zero-order valence-corrected chi connectivity index (χ0v) is 15.4. The van der Waals surface area contributed by atoms with Crippen LogP contribution in [-0.2, 0) is 4.79 Å². The van der Waals surface area contributed by atoms with Crippen molar-refractivity contribution in [3.05, 3.63) is 58.3 Å². The van der Waals surface area contributed by atoms with Gasteiger partial charge < -0.3 is 5.32 Å². The van der Waals surface area contributed by atoms with Crippen molar-refractivity contribution >= 4 is 23.3 Å². The molecule has 1 heterocycles. The summed E-state index contributed by atoms with van der Waals surface area (Å²) in [5.74, 6) is 0.162. The van der Waals surface area contributed by atoms with E-state index in [0.717, 1.165) is 16.9 Å². The van der Waals surface area contributed by atoms with Crippen molar-refractivity contribution in [1.82, 2.24) is 16.0 Å². The van der Waals surface area contributed by atoms with E-state index in [2.05, 4.69) is 29.8 Å². The molecule has 0 radical (unpaired) electrons. The molecule has 25 heavy (non-hydrogen) atoms. The average molecular weight is 359 g/mol. The number of nitrogens with one attached hydrogen (secondary N) is 3. The molecule has 0 spiro atoms. The molecule has 0 aliphatic rings. The van der Waals surface area contributed by atoms with Crippen molar-refractivity contribution in [3.8, 4) is 0 Å². The van der Waals surface area contributed by atoms with E-state index in [0.29, 0.717) is 12.5 Å². The Balaban J connectivity index is 1.86. The fraction of sp³-hybridized carbons (Fsp3) is 0.368. The SMILES string of the molecule is CC(C)CCNC(=O)NC(=O)CN[C@H](c1ccccc1)c1cccs1. The van der Waals surface area contributed by atoms with Crippen LogP contribution >= 0.6 is 11.3 Å². The Bertz CT molecular complexity index is 657. The maximum absolute atomic E-state index is 12.0. The molecule has 3 amide bonds. The Morgan fingerprint density at radius 3 is 2.48 bits per heavy atom. The van der Waals surface area contributed by atoms with Crippen LogP contribution in [-0.4, -0.2) is 25.0 Å². The number of imide groups is 1. The van der Waals surface area contributed by atoms with Crippen LogP contribution in [0.3, 0.4) is 0 Å². The highest BCUT2D eigenvalue weighted by Crippen LogP contribution is 2.25. The van der Waals surface area contributed by atoms with Crippen molar-refractivity contribution in [2.75, 3.05) is 13.1 Å². The van der Waals surface area contributed by atoms with Gasteiger partial charge in [0.05, 0.1) is 12.6 Å². The molecular weight excluding hydrogens is 334 g/mol. The van der Waals surface area contributed by atoms with E-state index in [4.69, 9.17) is 0 Å². The van der Waals surface area contributed by atoms with Gasteiger partial charge in [0.25, 0.3) is 0 Å². The zero-order chi connectivity index (χ0) is 18.1. The maximum atomic E-state index is 12.0. The fourth-order valence-electron chi connectivity index (χ4n) is 2.37. The molecule has 1 aromatic carbocycles. The van der Waals surface area contributed by atoms with Gasteiger partial charge in [-0.3, -0.25) is 15.4 Å². The molecule has 1 atom stereocenters. The topological polar surface area (TPSA) is 70.2 Å². The predicted octanol–water partition coefficient (Wildman–Crippen LogP) is 3.30. The number of carbonyl (C=O) groups is 2. The lowest BCUT2D eigenvalue weighted by atomic mass is 10.1. The van der Waals surface area contributed by atoms with E-state index in [1.54, 1.807) is 11.3 Å². The molecule has 3 N–H and O–H groups in total. The molecule has 2 rings (SSSR count). The summed E-state index contributed by atoms with van der Waals surface area (Å²) in [5.41, 5.74) is 1.08. The summed E-state index contributed by atoms with van der Waals surface area (Å²) in [7, 11) is 0. The first-order chi connectivity index (χ1) is 12.1. The van der Waals surface area contributed by atoms with Crippen molar-refractivity contribution < 1.29 is 9.59 Å². The second-order valence-electron chi connectivity index (χ2n) is 6.23. The van der Waals surface area contributed by atoms with E-state index in [9.17, 15) is 9.59 Å². The van der Waals surface area contributed by atoms with Crippen LogP contribution in [0.4, 0.5) is 4.79 Å². The molecule has 0 bridgehead atoms. The molecule has 0 unspecified atom stereocenters. The Morgan fingerprint density at radius 2 is 1.84 bits per heavy atom. The predicted molar refractivity (Wildman–Crippen MR) is 102 cm³/mol. The van der Waals surface area contributed by atoms with E-state index < -0.39 is 6.03 Å². The number of hydrogen-bond acceptors (Lipinski definition) is 4. The third-order valence-corrected chi connectivity index (χ3v) is 4.62. The lowest BCUT2D eigenvalue weighted by molar-refractivity contribution is -0.119. The molecule has 5 nitrogen and oxygen atoms in total. The molecule has 6 heteroatoms. The number of rotatable bonds is 8. The number of thiophene rings is 1. The van der Waals surface area contributed by atoms with Gasteiger partial charge >= 0.3 is 6.03 Å². The molecule has 2 aromatic rings. The first-order valence-corrected chi connectivity index (χ1v) is 9.33. The smallest absolute Gasteiger partial charge is 0.321 e. The fourth-order valence-corrected chi connectivity index (χ4v) is 3.19. The van der Waals surface area contributed by atoms with Crippen molar-refractivity contribution in [3.63, 3.8) is 0 Å². The Kier molecular flexibility index (Phi) is 7.63. The number of benzene rings is 1. The minimum absolute atomic E-state index is 0.0645. The molecular formula is C19H25N3O2S. The first-order valence-electron chi connectivity index (χ1n) is 8.45. The zero-order valence-electron chi connectivity index (χ0n) is 14.6. The van der Waals surface area contributed by atoms with Gasteiger partial charge in [-0.25, -0.2) is 4.79 Å². The van der Waals surface area contributed by atoms with Gasteiger partial charge in [-0.2, -0.15) is 0 Å². The summed E-state index contributed by atoms with van der Waals surface area (Å²) in [6.07, 6.45) is 0.883. The van der Waals surface area contributed by atoms with Crippen molar-refractivity contribution in [2.24, 2.45) is 5.92 Å². The van der Waals surface area contributed by atoms with Gasteiger partial charge in [0, 0.05) is 11.4 Å². The normalized spacial score (nSPS) is 12.0. The summed E-state index contributed by atoms with van der Waals surface area (Å²) in [6, 6.07) is 13.5. The summed E-state index contributed by atoms with van der Waals surface area (Å²) in [6.45, 7) is 4.80. The van der Waals surface area contributed by atoms with Crippen LogP contribution < -0.4 is 16.0 Å². The summed E-state index contributed by atoms with van der Waals surface area (Å²) in [5, 5.41) is 10.3. The molecule has 0 aliphatic carbocycles. The number of urea groups is 1. The van der Waals surface area contributed by atoms with Gasteiger partial charge in [0.1, 0.15) is 0 Å². The molecule has 1 aromatic heterocycles. The summed E-state index contributed by atoms with van der Waals surface area (Å²) >= 11 is 1.63. The summed E-state index contributed by atoms with van der Waals surface area (Å²) < 4.78 is 0. The lowest BCUT2D eigenvalue weighted by Gasteiger charge is -2.18. The third-order valence-electron chi connectivity index (χ3n) is 3.69. The van der Waals surface area contributed by atoms with Crippen LogP contribution in [0, 0.1) is 5.92 Å². The first kappa shape index (κ1) is 19.1. The number of carbonyl (C=O) groups excluding carboxylic acids is 2. The molecule has 0 fully saturated rings. The Hall–Kier alpha value is -2.18. The van der Waals surface area contributed by atoms with Crippen LogP contribution in [0.15, 0.2) is 47.8 Å². The van der Waals surface area contributed by atoms with Crippen LogP contribution in [0.2, 0.25) is 0 Å².